The third-order valence-electron chi connectivity index (χ3n) is 3.06. The molecule has 4 heteroatoms. The normalized spacial score (nSPS) is 12.0. The van der Waals surface area contributed by atoms with Gasteiger partial charge in [0.2, 0.25) is 5.91 Å². The van der Waals surface area contributed by atoms with Crippen molar-refractivity contribution < 1.29 is 14.7 Å². The number of hydrogen-bond donors (Lipinski definition) is 1. The van der Waals surface area contributed by atoms with Crippen molar-refractivity contribution in [1.82, 2.24) is 0 Å². The van der Waals surface area contributed by atoms with Crippen LogP contribution in [0.1, 0.15) is 24.5 Å². The van der Waals surface area contributed by atoms with Crippen molar-refractivity contribution in [2.75, 3.05) is 11.9 Å². The summed E-state index contributed by atoms with van der Waals surface area (Å²) in [5, 5.41) is 9.02. The lowest BCUT2D eigenvalue weighted by molar-refractivity contribution is -0.146. The van der Waals surface area contributed by atoms with E-state index in [0.717, 1.165) is 16.8 Å². The minimum absolute atomic E-state index is 0.295. The monoisotopic (exact) mass is 249 g/mol. The van der Waals surface area contributed by atoms with Crippen LogP contribution in [0.15, 0.2) is 18.2 Å². The van der Waals surface area contributed by atoms with Gasteiger partial charge >= 0.3 is 5.97 Å². The highest BCUT2D eigenvalue weighted by Gasteiger charge is 2.28. The number of nitrogens with zero attached hydrogens (tertiary/aromatic N) is 1. The summed E-state index contributed by atoms with van der Waals surface area (Å²) in [5.41, 5.74) is 2.76. The third kappa shape index (κ3) is 2.88. The summed E-state index contributed by atoms with van der Waals surface area (Å²) in [5.74, 6) is -2.42. The second-order valence-corrected chi connectivity index (χ2v) is 4.49. The molecule has 4 nitrogen and oxygen atoms in total. The number of amides is 1. The molecule has 0 saturated carbocycles. The summed E-state index contributed by atoms with van der Waals surface area (Å²) in [6.07, 6.45) is 0.295. The Labute approximate surface area is 107 Å². The number of carboxylic acids is 1. The van der Waals surface area contributed by atoms with Crippen LogP contribution in [0.3, 0.4) is 0 Å². The zero-order valence-corrected chi connectivity index (χ0v) is 11.2. The van der Waals surface area contributed by atoms with Crippen molar-refractivity contribution in [3.63, 3.8) is 0 Å². The van der Waals surface area contributed by atoms with Crippen LogP contribution in [-0.4, -0.2) is 24.0 Å². The van der Waals surface area contributed by atoms with Gasteiger partial charge in [-0.05, 0) is 37.5 Å². The Morgan fingerprint density at radius 3 is 2.44 bits per heavy atom. The van der Waals surface area contributed by atoms with Crippen LogP contribution >= 0.6 is 0 Å². The van der Waals surface area contributed by atoms with Crippen molar-refractivity contribution in [3.8, 4) is 0 Å². The fraction of sp³-hybridized carbons (Fsp3) is 0.429. The summed E-state index contributed by atoms with van der Waals surface area (Å²) in [4.78, 5) is 24.6. The van der Waals surface area contributed by atoms with Gasteiger partial charge in [-0.1, -0.05) is 19.1 Å². The maximum Gasteiger partial charge on any atom is 0.316 e. The Kier molecular flexibility index (Phi) is 4.48. The summed E-state index contributed by atoms with van der Waals surface area (Å²) in [6, 6.07) is 5.78. The third-order valence-corrected chi connectivity index (χ3v) is 3.06. The Hall–Kier alpha value is -1.84. The average molecular weight is 249 g/mol. The molecule has 1 atom stereocenters. The smallest absolute Gasteiger partial charge is 0.316 e. The lowest BCUT2D eigenvalue weighted by Crippen LogP contribution is -2.37. The number of benzene rings is 1. The summed E-state index contributed by atoms with van der Waals surface area (Å²) >= 11 is 0. The second-order valence-electron chi connectivity index (χ2n) is 4.49. The van der Waals surface area contributed by atoms with Crippen LogP contribution in [0.2, 0.25) is 0 Å². The minimum Gasteiger partial charge on any atom is -0.481 e. The molecule has 0 spiro atoms. The lowest BCUT2D eigenvalue weighted by atomic mass is 10.0. The van der Waals surface area contributed by atoms with E-state index >= 15 is 0 Å². The first-order valence-electron chi connectivity index (χ1n) is 5.96. The van der Waals surface area contributed by atoms with Gasteiger partial charge in [-0.3, -0.25) is 9.59 Å². The van der Waals surface area contributed by atoms with Crippen LogP contribution < -0.4 is 4.90 Å². The van der Waals surface area contributed by atoms with Crippen molar-refractivity contribution >= 4 is 17.6 Å². The molecular formula is C14H19NO3. The van der Waals surface area contributed by atoms with E-state index in [1.54, 1.807) is 14.0 Å². The fourth-order valence-electron chi connectivity index (χ4n) is 1.89. The van der Waals surface area contributed by atoms with Gasteiger partial charge in [-0.25, -0.2) is 0 Å². The van der Waals surface area contributed by atoms with Gasteiger partial charge in [0.1, 0.15) is 5.92 Å². The first-order valence-corrected chi connectivity index (χ1v) is 5.96. The number of aliphatic carboxylic acids is 1. The quantitative estimate of drug-likeness (QED) is 0.833. The number of aryl methyl sites for hydroxylation is 2. The zero-order valence-electron chi connectivity index (χ0n) is 11.2. The van der Waals surface area contributed by atoms with Gasteiger partial charge in [0.25, 0.3) is 0 Å². The molecule has 0 fully saturated rings. The van der Waals surface area contributed by atoms with E-state index in [4.69, 9.17) is 5.11 Å². The highest BCUT2D eigenvalue weighted by atomic mass is 16.4. The van der Waals surface area contributed by atoms with Crippen LogP contribution in [0.4, 0.5) is 5.69 Å². The van der Waals surface area contributed by atoms with Gasteiger partial charge < -0.3 is 10.0 Å². The summed E-state index contributed by atoms with van der Waals surface area (Å²) in [7, 11) is 1.62. The predicted molar refractivity (Wildman–Crippen MR) is 70.7 cm³/mol. The summed E-state index contributed by atoms with van der Waals surface area (Å²) < 4.78 is 0. The Bertz CT molecular complexity index is 468. The molecule has 1 amide bonds. The molecular weight excluding hydrogens is 230 g/mol. The van der Waals surface area contributed by atoms with E-state index in [-0.39, 0.29) is 5.91 Å². The Morgan fingerprint density at radius 1 is 1.33 bits per heavy atom. The number of rotatable bonds is 4. The van der Waals surface area contributed by atoms with E-state index in [2.05, 4.69) is 0 Å². The van der Waals surface area contributed by atoms with E-state index in [1.807, 2.05) is 32.0 Å². The van der Waals surface area contributed by atoms with E-state index in [0.29, 0.717) is 6.42 Å². The van der Waals surface area contributed by atoms with Gasteiger partial charge in [0, 0.05) is 12.7 Å². The highest BCUT2D eigenvalue weighted by Crippen LogP contribution is 2.22. The van der Waals surface area contributed by atoms with Crippen molar-refractivity contribution in [3.05, 3.63) is 29.3 Å². The molecule has 0 heterocycles. The highest BCUT2D eigenvalue weighted by molar-refractivity contribution is 6.05. The Morgan fingerprint density at radius 2 is 1.94 bits per heavy atom. The molecule has 98 valence electrons. The standard InChI is InChI=1S/C14H19NO3/c1-5-11(14(17)18)13(16)15(4)12-8-9(2)6-7-10(12)3/h6-8,11H,5H2,1-4H3,(H,17,18). The lowest BCUT2D eigenvalue weighted by Gasteiger charge is -2.23. The van der Waals surface area contributed by atoms with E-state index in [9.17, 15) is 9.59 Å². The first-order chi connectivity index (χ1) is 8.38. The fourth-order valence-corrected chi connectivity index (χ4v) is 1.89. The molecule has 1 rings (SSSR count). The number of carbonyl (C=O) groups is 2. The van der Waals surface area contributed by atoms with E-state index < -0.39 is 11.9 Å². The average Bonchev–Trinajstić information content (AvgIpc) is 2.31. The molecule has 0 bridgehead atoms. The van der Waals surface area contributed by atoms with Gasteiger partial charge in [0.05, 0.1) is 0 Å². The molecule has 18 heavy (non-hydrogen) atoms. The van der Waals surface area contributed by atoms with Crippen LogP contribution in [0.5, 0.6) is 0 Å². The van der Waals surface area contributed by atoms with Crippen molar-refractivity contribution in [2.45, 2.75) is 27.2 Å². The molecule has 0 aromatic heterocycles. The molecule has 0 aliphatic rings. The molecule has 0 aliphatic heterocycles. The summed E-state index contributed by atoms with van der Waals surface area (Å²) in [6.45, 7) is 5.55. The molecule has 0 aliphatic carbocycles. The van der Waals surface area contributed by atoms with Crippen LogP contribution in [-0.2, 0) is 9.59 Å². The molecule has 1 N–H and O–H groups in total. The van der Waals surface area contributed by atoms with Crippen LogP contribution in [0.25, 0.3) is 0 Å². The SMILES string of the molecule is CCC(C(=O)O)C(=O)N(C)c1cc(C)ccc1C. The maximum absolute atomic E-state index is 12.1. The van der Waals surface area contributed by atoms with Gasteiger partial charge in [-0.15, -0.1) is 0 Å². The minimum atomic E-state index is -1.07. The second kappa shape index (κ2) is 5.67. The predicted octanol–water partition coefficient (Wildman–Crippen LogP) is 2.38. The molecule has 1 aromatic rings. The van der Waals surface area contributed by atoms with Crippen molar-refractivity contribution in [1.29, 1.82) is 0 Å². The molecule has 0 saturated heterocycles. The molecule has 1 unspecified atom stereocenters. The van der Waals surface area contributed by atoms with Crippen molar-refractivity contribution in [2.24, 2.45) is 5.92 Å². The molecule has 1 aromatic carbocycles. The number of hydrogen-bond acceptors (Lipinski definition) is 2. The first kappa shape index (κ1) is 14.2. The van der Waals surface area contributed by atoms with Gasteiger partial charge in [0.15, 0.2) is 0 Å². The number of anilines is 1. The zero-order chi connectivity index (χ0) is 13.9. The molecule has 0 radical (unpaired) electrons. The van der Waals surface area contributed by atoms with Gasteiger partial charge in [-0.2, -0.15) is 0 Å². The number of carboxylic acid groups (broad SMARTS) is 1. The van der Waals surface area contributed by atoms with Crippen LogP contribution in [0, 0.1) is 19.8 Å². The number of carbonyl (C=O) groups excluding carboxylic acids is 1. The topological polar surface area (TPSA) is 57.6 Å². The Balaban J connectivity index is 3.06. The largest absolute Gasteiger partial charge is 0.481 e. The van der Waals surface area contributed by atoms with E-state index in [1.165, 1.54) is 4.90 Å². The maximum atomic E-state index is 12.1.